The Bertz CT molecular complexity index is 2150. The molecule has 1 radical (unpaired) electrons. The summed E-state index contributed by atoms with van der Waals surface area (Å²) in [6.07, 6.45) is 6.83. The number of nitrogens with zero attached hydrogens (tertiary/aromatic N) is 2. The molecule has 1 aliphatic heterocycles. The summed E-state index contributed by atoms with van der Waals surface area (Å²) in [5.41, 5.74) is 5.52. The van der Waals surface area contributed by atoms with Crippen molar-refractivity contribution >= 4 is 60.8 Å². The van der Waals surface area contributed by atoms with Gasteiger partial charge in [-0.2, -0.15) is 0 Å². The normalized spacial score (nSPS) is 12.4. The molecule has 0 amide bonds. The third-order valence-electron chi connectivity index (χ3n) is 9.65. The first kappa shape index (κ1) is 34.8. The van der Waals surface area contributed by atoms with E-state index in [1.165, 1.54) is 54.4 Å². The number of ketones is 1. The minimum atomic E-state index is 0. The number of carbonyl (C=O) groups excluding carboxylic acids is 1. The van der Waals surface area contributed by atoms with Gasteiger partial charge in [-0.1, -0.05) is 92.2 Å². The van der Waals surface area contributed by atoms with Crippen LogP contribution in [-0.4, -0.2) is 20.9 Å². The van der Waals surface area contributed by atoms with Crippen LogP contribution in [0.5, 0.6) is 0 Å². The van der Waals surface area contributed by atoms with Crippen molar-refractivity contribution in [2.75, 3.05) is 0 Å². The molecule has 243 valence electrons. The van der Waals surface area contributed by atoms with Gasteiger partial charge >= 0.3 is 0 Å². The summed E-state index contributed by atoms with van der Waals surface area (Å²) in [5.74, 6) is 0.547. The third kappa shape index (κ3) is 6.48. The molecule has 0 unspecified atom stereocenters. The van der Waals surface area contributed by atoms with E-state index in [1.54, 1.807) is 11.8 Å². The van der Waals surface area contributed by atoms with Crippen LogP contribution in [0, 0.1) is 31.7 Å². The van der Waals surface area contributed by atoms with E-state index < -0.39 is 0 Å². The SMILES string of the molecule is CCC(CC)C(=O)/C=C(\O)C(CC)CC.Cc1ccc2[c-]c3c(nc2c1C)Sc1cc2c4ccccc4ccc2c2ccnc-3c12.[Ir]. The molecular formula is C41H41IrN2O2S-. The second-order valence-electron chi connectivity index (χ2n) is 12.3. The van der Waals surface area contributed by atoms with Gasteiger partial charge in [0, 0.05) is 65.3 Å². The molecule has 2 aromatic heterocycles. The van der Waals surface area contributed by atoms with E-state index in [2.05, 4.69) is 80.6 Å². The van der Waals surface area contributed by atoms with Gasteiger partial charge < -0.3 is 10.1 Å². The summed E-state index contributed by atoms with van der Waals surface area (Å²) in [5, 5.41) is 19.4. The fourth-order valence-corrected chi connectivity index (χ4v) is 7.68. The largest absolute Gasteiger partial charge is 0.512 e. The molecule has 0 saturated carbocycles. The fourth-order valence-electron chi connectivity index (χ4n) is 6.60. The van der Waals surface area contributed by atoms with Gasteiger partial charge in [0.1, 0.15) is 0 Å². The van der Waals surface area contributed by atoms with Crippen molar-refractivity contribution in [2.24, 2.45) is 11.8 Å². The molecule has 0 atom stereocenters. The van der Waals surface area contributed by atoms with Crippen LogP contribution in [-0.2, 0) is 24.9 Å². The van der Waals surface area contributed by atoms with Gasteiger partial charge in [0.2, 0.25) is 0 Å². The molecule has 0 fully saturated rings. The average molecular weight is 818 g/mol. The molecule has 0 bridgehead atoms. The van der Waals surface area contributed by atoms with Crippen molar-refractivity contribution in [2.45, 2.75) is 77.1 Å². The van der Waals surface area contributed by atoms with Gasteiger partial charge in [-0.3, -0.25) is 9.78 Å². The standard InChI is InChI=1S/C28H17N2S.C13H24O2.Ir/c1-15-7-8-18-13-23-27-25-21(11-12-29-27)20-10-9-17-5-3-4-6-19(17)22(20)14-24(25)31-28(23)30-26(18)16(15)2;1-5-10(6-2)12(14)9-13(15)11(7-3)8-4;/h3-12,14H,1-2H3;9-11,14H,5-8H2,1-4H3;/q-1;;/b;12-9-;. The number of hydrogen-bond acceptors (Lipinski definition) is 5. The van der Waals surface area contributed by atoms with Crippen LogP contribution in [0.25, 0.3) is 54.5 Å². The molecule has 1 aliphatic rings. The maximum atomic E-state index is 11.7. The molecule has 6 aromatic rings. The fraction of sp³-hybridized carbons (Fsp3) is 0.293. The Kier molecular flexibility index (Phi) is 10.9. The Morgan fingerprint density at radius 1 is 0.872 bits per heavy atom. The van der Waals surface area contributed by atoms with Crippen molar-refractivity contribution in [3.63, 3.8) is 0 Å². The summed E-state index contributed by atoms with van der Waals surface area (Å²) >= 11 is 1.75. The van der Waals surface area contributed by atoms with E-state index in [0.717, 1.165) is 52.9 Å². The molecule has 0 aliphatic carbocycles. The zero-order valence-corrected chi connectivity index (χ0v) is 31.1. The van der Waals surface area contributed by atoms with Crippen LogP contribution >= 0.6 is 11.8 Å². The minimum Gasteiger partial charge on any atom is -0.512 e. The van der Waals surface area contributed by atoms with Gasteiger partial charge in [-0.25, -0.2) is 0 Å². The molecule has 6 heteroatoms. The summed E-state index contributed by atoms with van der Waals surface area (Å²) in [6.45, 7) is 12.4. The van der Waals surface area contributed by atoms with Gasteiger partial charge in [-0.15, -0.1) is 23.9 Å². The molecule has 7 rings (SSSR count). The Hall–Kier alpha value is -3.57. The third-order valence-corrected chi connectivity index (χ3v) is 10.7. The average Bonchev–Trinajstić information content (AvgIpc) is 3.07. The van der Waals surface area contributed by atoms with Crippen molar-refractivity contribution in [1.82, 2.24) is 9.97 Å². The maximum absolute atomic E-state index is 11.7. The maximum Gasteiger partial charge on any atom is 0.162 e. The van der Waals surface area contributed by atoms with E-state index in [-0.39, 0.29) is 43.5 Å². The number of allylic oxidation sites excluding steroid dienone is 2. The van der Waals surface area contributed by atoms with Crippen molar-refractivity contribution < 1.29 is 30.0 Å². The zero-order valence-electron chi connectivity index (χ0n) is 27.9. The van der Waals surface area contributed by atoms with Gasteiger partial charge in [0.15, 0.2) is 5.78 Å². The molecule has 3 heterocycles. The number of fused-ring (bicyclic) bond motifs is 7. The first-order chi connectivity index (χ1) is 22.3. The number of benzene rings is 4. The first-order valence-corrected chi connectivity index (χ1v) is 17.3. The number of rotatable bonds is 7. The molecule has 4 aromatic carbocycles. The quantitative estimate of drug-likeness (QED) is 0.0751. The van der Waals surface area contributed by atoms with Gasteiger partial charge in [0.05, 0.1) is 5.76 Å². The van der Waals surface area contributed by atoms with Crippen LogP contribution < -0.4 is 0 Å². The van der Waals surface area contributed by atoms with Crippen molar-refractivity contribution in [1.29, 1.82) is 0 Å². The van der Waals surface area contributed by atoms with Crippen LogP contribution in [0.3, 0.4) is 0 Å². The molecule has 0 saturated heterocycles. The Morgan fingerprint density at radius 2 is 1.60 bits per heavy atom. The topological polar surface area (TPSA) is 63.1 Å². The van der Waals surface area contributed by atoms with Gasteiger partial charge in [0.25, 0.3) is 0 Å². The second-order valence-corrected chi connectivity index (χ2v) is 13.3. The van der Waals surface area contributed by atoms with Gasteiger partial charge in [-0.05, 0) is 84.0 Å². The predicted octanol–water partition coefficient (Wildman–Crippen LogP) is 11.5. The van der Waals surface area contributed by atoms with Crippen LogP contribution in [0.4, 0.5) is 0 Å². The van der Waals surface area contributed by atoms with E-state index in [9.17, 15) is 9.90 Å². The number of aliphatic hydroxyl groups excluding tert-OH is 1. The van der Waals surface area contributed by atoms with Crippen molar-refractivity contribution in [3.8, 4) is 11.3 Å². The van der Waals surface area contributed by atoms with Crippen LogP contribution in [0.1, 0.15) is 64.5 Å². The van der Waals surface area contributed by atoms with Crippen LogP contribution in [0.15, 0.2) is 88.6 Å². The summed E-state index contributed by atoms with van der Waals surface area (Å²) in [6, 6.07) is 25.5. The van der Waals surface area contributed by atoms with E-state index in [0.29, 0.717) is 0 Å². The summed E-state index contributed by atoms with van der Waals surface area (Å²) in [7, 11) is 0. The molecule has 4 nitrogen and oxygen atoms in total. The second kappa shape index (κ2) is 14.7. The molecular weight excluding hydrogens is 777 g/mol. The molecule has 1 N–H and O–H groups in total. The number of aryl methyl sites for hydroxylation is 2. The predicted molar refractivity (Wildman–Crippen MR) is 194 cm³/mol. The monoisotopic (exact) mass is 818 g/mol. The van der Waals surface area contributed by atoms with Crippen molar-refractivity contribution in [3.05, 3.63) is 95.9 Å². The van der Waals surface area contributed by atoms with Crippen LogP contribution in [0.2, 0.25) is 0 Å². The number of pyridine rings is 2. The molecule has 0 spiro atoms. The summed E-state index contributed by atoms with van der Waals surface area (Å²) < 4.78 is 0. The number of aliphatic hydroxyl groups is 1. The number of aromatic nitrogens is 2. The Labute approximate surface area is 295 Å². The Morgan fingerprint density at radius 3 is 2.32 bits per heavy atom. The molecule has 47 heavy (non-hydrogen) atoms. The van der Waals surface area contributed by atoms with E-state index >= 15 is 0 Å². The number of hydrogen-bond donors (Lipinski definition) is 1. The minimum absolute atomic E-state index is 0. The zero-order chi connectivity index (χ0) is 32.5. The summed E-state index contributed by atoms with van der Waals surface area (Å²) in [4.78, 5) is 22.8. The smallest absolute Gasteiger partial charge is 0.162 e. The van der Waals surface area contributed by atoms with E-state index in [4.69, 9.17) is 9.97 Å². The first-order valence-electron chi connectivity index (χ1n) is 16.5. The van der Waals surface area contributed by atoms with E-state index in [1.807, 2.05) is 33.9 Å². The Balaban J connectivity index is 0.000000234. The number of carbonyl (C=O) groups is 1.